The molecule has 7 heteroatoms. The second-order valence-electron chi connectivity index (χ2n) is 13.2. The Hall–Kier alpha value is -1.80. The summed E-state index contributed by atoms with van der Waals surface area (Å²) in [5, 5.41) is 12.7. The molecule has 0 radical (unpaired) electrons. The first-order chi connectivity index (χ1) is 18.8. The molecule has 208 valence electrons. The Kier molecular flexibility index (Phi) is 6.27. The number of ether oxygens (including phenoxy) is 2. The van der Waals surface area contributed by atoms with Gasteiger partial charge in [0, 0.05) is 28.9 Å². The van der Waals surface area contributed by atoms with Gasteiger partial charge in [-0.15, -0.1) is 0 Å². The topological polar surface area (TPSA) is 85.7 Å². The summed E-state index contributed by atoms with van der Waals surface area (Å²) in [5.74, 6) is 1.17. The predicted octanol–water partition coefficient (Wildman–Crippen LogP) is 5.30. The zero-order valence-corrected chi connectivity index (χ0v) is 23.7. The van der Waals surface area contributed by atoms with Crippen LogP contribution in [0.2, 0.25) is 0 Å². The average Bonchev–Trinajstić information content (AvgIpc) is 3.63. The minimum Gasteiger partial charge on any atom is -0.393 e. The van der Waals surface area contributed by atoms with E-state index in [2.05, 4.69) is 18.8 Å². The summed E-state index contributed by atoms with van der Waals surface area (Å²) >= 11 is 1.46. The van der Waals surface area contributed by atoms with Crippen LogP contribution in [0.25, 0.3) is 0 Å². The Bertz CT molecular complexity index is 1230. The van der Waals surface area contributed by atoms with Crippen LogP contribution >= 0.6 is 11.8 Å². The van der Waals surface area contributed by atoms with Gasteiger partial charge in [0.2, 0.25) is 0 Å². The third-order valence-electron chi connectivity index (χ3n) is 11.4. The highest BCUT2D eigenvalue weighted by Crippen LogP contribution is 2.70. The van der Waals surface area contributed by atoms with Gasteiger partial charge in [-0.2, -0.15) is 0 Å². The Balaban J connectivity index is 1.24. The maximum atomic E-state index is 14.4. The number of aliphatic hydroxyl groups is 1. The molecule has 0 amide bonds. The van der Waals surface area contributed by atoms with Gasteiger partial charge in [0.1, 0.15) is 0 Å². The molecule has 1 N–H and O–H groups in total. The first-order valence-electron chi connectivity index (χ1n) is 14.8. The van der Waals surface area contributed by atoms with E-state index < -0.39 is 17.1 Å². The van der Waals surface area contributed by atoms with Crippen LogP contribution in [0.3, 0.4) is 0 Å². The number of allylic oxidation sites excluding steroid dienone is 4. The van der Waals surface area contributed by atoms with Crippen molar-refractivity contribution in [3.63, 3.8) is 0 Å². The number of aromatic nitrogens is 1. The molecule has 1 aliphatic heterocycles. The molecule has 1 saturated heterocycles. The fourth-order valence-electron chi connectivity index (χ4n) is 9.71. The number of rotatable bonds is 5. The fourth-order valence-corrected chi connectivity index (χ4v) is 10.5. The Morgan fingerprint density at radius 1 is 1.21 bits per heavy atom. The van der Waals surface area contributed by atoms with E-state index in [9.17, 15) is 14.7 Å². The molecule has 0 bridgehead atoms. The maximum absolute atomic E-state index is 14.4. The first-order valence-corrected chi connectivity index (χ1v) is 15.8. The van der Waals surface area contributed by atoms with Gasteiger partial charge in [0.25, 0.3) is 0 Å². The molecule has 4 saturated carbocycles. The van der Waals surface area contributed by atoms with Crippen molar-refractivity contribution in [3.05, 3.63) is 48.2 Å². The van der Waals surface area contributed by atoms with E-state index in [1.807, 2.05) is 24.3 Å². The number of Topliss-reactive ketones (excluding diaryl/α,β-unsaturated/α-hetero) is 1. The van der Waals surface area contributed by atoms with Crippen LogP contribution in [0.1, 0.15) is 65.2 Å². The summed E-state index contributed by atoms with van der Waals surface area (Å²) in [6.45, 7) is 4.39. The van der Waals surface area contributed by atoms with Gasteiger partial charge >= 0.3 is 0 Å². The van der Waals surface area contributed by atoms with E-state index in [4.69, 9.17) is 9.47 Å². The highest BCUT2D eigenvalue weighted by molar-refractivity contribution is 7.99. The van der Waals surface area contributed by atoms with Crippen molar-refractivity contribution < 1.29 is 24.2 Å². The van der Waals surface area contributed by atoms with Crippen molar-refractivity contribution in [1.82, 2.24) is 4.98 Å². The Morgan fingerprint density at radius 3 is 2.79 bits per heavy atom. The lowest BCUT2D eigenvalue weighted by molar-refractivity contribution is -0.205. The number of carbonyl (C=O) groups is 2. The number of pyridine rings is 1. The van der Waals surface area contributed by atoms with E-state index in [1.165, 1.54) is 24.6 Å². The molecule has 0 aromatic carbocycles. The highest BCUT2D eigenvalue weighted by Gasteiger charge is 2.76. The molecular weight excluding hydrogens is 510 g/mol. The first kappa shape index (κ1) is 26.1. The molecule has 7 unspecified atom stereocenters. The minimum absolute atomic E-state index is 0.0134. The number of ketones is 2. The maximum Gasteiger partial charge on any atom is 0.178 e. The summed E-state index contributed by atoms with van der Waals surface area (Å²) in [5.41, 5.74) is -0.786. The van der Waals surface area contributed by atoms with Crippen molar-refractivity contribution in [2.24, 2.45) is 34.5 Å². The molecule has 39 heavy (non-hydrogen) atoms. The molecule has 2 heterocycles. The molecule has 5 aliphatic carbocycles. The lowest BCUT2D eigenvalue weighted by atomic mass is 9.46. The van der Waals surface area contributed by atoms with Gasteiger partial charge in [-0.25, -0.2) is 4.98 Å². The quantitative estimate of drug-likeness (QED) is 0.499. The Labute approximate surface area is 235 Å². The van der Waals surface area contributed by atoms with Gasteiger partial charge < -0.3 is 14.6 Å². The van der Waals surface area contributed by atoms with Gasteiger partial charge in [0.15, 0.2) is 23.5 Å². The van der Waals surface area contributed by atoms with Crippen LogP contribution in [0.5, 0.6) is 0 Å². The van der Waals surface area contributed by atoms with E-state index in [-0.39, 0.29) is 52.9 Å². The van der Waals surface area contributed by atoms with Crippen molar-refractivity contribution in [1.29, 1.82) is 0 Å². The number of hydrogen-bond donors (Lipinski definition) is 1. The minimum atomic E-state index is -1.06. The van der Waals surface area contributed by atoms with E-state index in [1.54, 1.807) is 18.3 Å². The standard InChI is InChI=1S/C32H39NO5S/c1-30-13-12-21(34)15-20(30)10-11-22-23-16-26-32(31(23,2)17-24(35)28(22)30,38-29(37-26)19-7-3-4-8-19)25(36)18-39-27-9-5-6-14-33-27/h5-6,9,12-15,19,22-24,26,28-29,35H,3-4,7-8,10-11,16-18H2,1-2H3/t22?,23?,24?,26-,28?,29?,30?,31?,32-/m1/s1. The number of aliphatic hydroxyl groups excluding tert-OH is 1. The van der Waals surface area contributed by atoms with Crippen molar-refractivity contribution in [3.8, 4) is 0 Å². The van der Waals surface area contributed by atoms with Crippen LogP contribution in [-0.2, 0) is 19.1 Å². The van der Waals surface area contributed by atoms with Gasteiger partial charge in [0.05, 0.1) is 23.0 Å². The third-order valence-corrected chi connectivity index (χ3v) is 12.4. The molecule has 1 aromatic rings. The zero-order chi connectivity index (χ0) is 27.0. The fraction of sp³-hybridized carbons (Fsp3) is 0.656. The molecule has 6 nitrogen and oxygen atoms in total. The van der Waals surface area contributed by atoms with Gasteiger partial charge in [-0.05, 0) is 74.6 Å². The van der Waals surface area contributed by atoms with Crippen LogP contribution in [0, 0.1) is 34.5 Å². The summed E-state index contributed by atoms with van der Waals surface area (Å²) in [6, 6.07) is 5.76. The smallest absolute Gasteiger partial charge is 0.178 e. The normalized spacial score (nSPS) is 44.9. The van der Waals surface area contributed by atoms with Crippen LogP contribution in [-0.4, -0.2) is 51.5 Å². The monoisotopic (exact) mass is 549 g/mol. The number of hydrogen-bond acceptors (Lipinski definition) is 7. The SMILES string of the molecule is CC12C=CC(=O)C=C1CCC1C2C(O)CC2(C)C1C[C@H]1OC(C3CCCC3)O[C@]12C(=O)CSc1ccccn1. The number of fused-ring (bicyclic) bond motifs is 7. The summed E-state index contributed by atoms with van der Waals surface area (Å²) in [7, 11) is 0. The van der Waals surface area contributed by atoms with Crippen molar-refractivity contribution in [2.45, 2.75) is 94.3 Å². The number of thioether (sulfide) groups is 1. The summed E-state index contributed by atoms with van der Waals surface area (Å²) in [6.07, 6.45) is 13.6. The molecule has 7 rings (SSSR count). The van der Waals surface area contributed by atoms with E-state index in [0.717, 1.165) is 42.7 Å². The average molecular weight is 550 g/mol. The summed E-state index contributed by atoms with van der Waals surface area (Å²) in [4.78, 5) is 31.0. The van der Waals surface area contributed by atoms with E-state index >= 15 is 0 Å². The highest BCUT2D eigenvalue weighted by atomic mass is 32.2. The lowest BCUT2D eigenvalue weighted by Gasteiger charge is -2.59. The number of nitrogens with zero attached hydrogens (tertiary/aromatic N) is 1. The third kappa shape index (κ3) is 3.75. The second kappa shape index (κ2) is 9.37. The molecule has 9 atom stereocenters. The molecular formula is C32H39NO5S. The number of carbonyl (C=O) groups excluding carboxylic acids is 2. The largest absolute Gasteiger partial charge is 0.393 e. The second-order valence-corrected chi connectivity index (χ2v) is 14.2. The molecule has 0 spiro atoms. The summed E-state index contributed by atoms with van der Waals surface area (Å²) < 4.78 is 13.7. The van der Waals surface area contributed by atoms with Gasteiger partial charge in [-0.1, -0.05) is 56.2 Å². The molecule has 5 fully saturated rings. The van der Waals surface area contributed by atoms with Crippen molar-refractivity contribution in [2.75, 3.05) is 5.75 Å². The van der Waals surface area contributed by atoms with Gasteiger partial charge in [-0.3, -0.25) is 9.59 Å². The predicted molar refractivity (Wildman–Crippen MR) is 148 cm³/mol. The molecule has 1 aromatic heterocycles. The Morgan fingerprint density at radius 2 is 2.03 bits per heavy atom. The van der Waals surface area contributed by atoms with Crippen LogP contribution < -0.4 is 0 Å². The van der Waals surface area contributed by atoms with Crippen molar-refractivity contribution >= 4 is 23.3 Å². The molecule has 6 aliphatic rings. The zero-order valence-electron chi connectivity index (χ0n) is 22.9. The van der Waals surface area contributed by atoms with E-state index in [0.29, 0.717) is 12.3 Å². The van der Waals surface area contributed by atoms with Crippen LogP contribution in [0.15, 0.2) is 53.2 Å². The van der Waals surface area contributed by atoms with Crippen LogP contribution in [0.4, 0.5) is 0 Å². The lowest BCUT2D eigenvalue weighted by Crippen LogP contribution is -2.63.